The number of hydrogen-bond acceptors (Lipinski definition) is 5. The molecule has 6 nitrogen and oxygen atoms in total. The molecular formula is C13H20N4O2. The molecule has 1 aromatic heterocycles. The fourth-order valence-corrected chi connectivity index (χ4v) is 2.35. The van der Waals surface area contributed by atoms with Gasteiger partial charge in [-0.1, -0.05) is 5.16 Å². The number of oxime groups is 1. The quantitative estimate of drug-likeness (QED) is 0.316. The molecule has 0 aromatic carbocycles. The van der Waals surface area contributed by atoms with E-state index in [1.165, 1.54) is 0 Å². The molecule has 0 saturated carbocycles. The van der Waals surface area contributed by atoms with Crippen LogP contribution in [-0.4, -0.2) is 45.7 Å². The highest BCUT2D eigenvalue weighted by molar-refractivity contribution is 5.95. The molecule has 4 N–H and O–H groups in total. The van der Waals surface area contributed by atoms with Crippen LogP contribution in [0.5, 0.6) is 0 Å². The Bertz CT molecular complexity index is 442. The predicted octanol–water partition coefficient (Wildman–Crippen LogP) is 0.380. The van der Waals surface area contributed by atoms with Crippen LogP contribution in [0.2, 0.25) is 0 Å². The summed E-state index contributed by atoms with van der Waals surface area (Å²) in [5.74, 6) is 0.474. The van der Waals surface area contributed by atoms with Gasteiger partial charge in [0.25, 0.3) is 0 Å². The summed E-state index contributed by atoms with van der Waals surface area (Å²) in [5, 5.41) is 20.7. The number of hydrogen-bond donors (Lipinski definition) is 3. The Balaban J connectivity index is 1.96. The molecule has 2 rings (SSSR count). The van der Waals surface area contributed by atoms with Gasteiger partial charge in [0.05, 0.1) is 0 Å². The maximum atomic E-state index is 9.11. The smallest absolute Gasteiger partial charge is 0.188 e. The van der Waals surface area contributed by atoms with Crippen molar-refractivity contribution < 1.29 is 10.3 Å². The van der Waals surface area contributed by atoms with E-state index in [1.807, 2.05) is 12.1 Å². The lowest BCUT2D eigenvalue weighted by molar-refractivity contribution is 0.127. The molecule has 1 aromatic rings. The van der Waals surface area contributed by atoms with E-state index in [4.69, 9.17) is 16.0 Å². The first kappa shape index (κ1) is 13.8. The first-order chi connectivity index (χ1) is 9.22. The van der Waals surface area contributed by atoms with Crippen LogP contribution in [0.1, 0.15) is 24.1 Å². The molecule has 0 amide bonds. The van der Waals surface area contributed by atoms with Crippen LogP contribution >= 0.6 is 0 Å². The van der Waals surface area contributed by atoms with Crippen molar-refractivity contribution in [3.63, 3.8) is 0 Å². The number of nitrogens with two attached hydrogens (primary N) is 1. The highest BCUT2D eigenvalue weighted by Crippen LogP contribution is 2.18. The van der Waals surface area contributed by atoms with E-state index in [0.717, 1.165) is 38.0 Å². The highest BCUT2D eigenvalue weighted by atomic mass is 16.4. The van der Waals surface area contributed by atoms with E-state index in [-0.39, 0.29) is 12.4 Å². The summed E-state index contributed by atoms with van der Waals surface area (Å²) in [6, 6.07) is 3.78. The van der Waals surface area contributed by atoms with E-state index < -0.39 is 0 Å². The van der Waals surface area contributed by atoms with E-state index in [2.05, 4.69) is 15.0 Å². The van der Waals surface area contributed by atoms with Crippen molar-refractivity contribution in [2.24, 2.45) is 16.8 Å². The van der Waals surface area contributed by atoms with Gasteiger partial charge in [0, 0.05) is 19.3 Å². The monoisotopic (exact) mass is 264 g/mol. The summed E-state index contributed by atoms with van der Waals surface area (Å²) in [6.07, 6.45) is 3.74. The van der Waals surface area contributed by atoms with Crippen LogP contribution in [0.25, 0.3) is 0 Å². The van der Waals surface area contributed by atoms with Crippen LogP contribution in [0.15, 0.2) is 23.5 Å². The zero-order chi connectivity index (χ0) is 13.7. The second-order valence-electron chi connectivity index (χ2n) is 4.94. The Hall–Kier alpha value is -1.66. The molecule has 0 atom stereocenters. The lowest BCUT2D eigenvalue weighted by Crippen LogP contribution is -2.34. The van der Waals surface area contributed by atoms with Crippen molar-refractivity contribution in [1.29, 1.82) is 0 Å². The fraction of sp³-hybridized carbons (Fsp3) is 0.538. The molecule has 0 unspecified atom stereocenters. The minimum atomic E-state index is 0.0286. The maximum absolute atomic E-state index is 9.11. The van der Waals surface area contributed by atoms with Crippen LogP contribution in [0.4, 0.5) is 0 Å². The molecule has 1 saturated heterocycles. The van der Waals surface area contributed by atoms with Gasteiger partial charge in [0.15, 0.2) is 5.84 Å². The predicted molar refractivity (Wildman–Crippen MR) is 71.8 cm³/mol. The number of aromatic nitrogens is 1. The summed E-state index contributed by atoms with van der Waals surface area (Å²) >= 11 is 0. The third-order valence-corrected chi connectivity index (χ3v) is 3.57. The summed E-state index contributed by atoms with van der Waals surface area (Å²) in [5.41, 5.74) is 7.12. The first-order valence-electron chi connectivity index (χ1n) is 6.49. The first-order valence-corrected chi connectivity index (χ1v) is 6.49. The van der Waals surface area contributed by atoms with Gasteiger partial charge >= 0.3 is 0 Å². The fourth-order valence-electron chi connectivity index (χ4n) is 2.35. The molecule has 1 fully saturated rings. The SMILES string of the molecule is NC(=NO)c1cc(CN2CCC(CO)CC2)ccn1. The Morgan fingerprint density at radius 3 is 2.84 bits per heavy atom. The molecule has 0 bridgehead atoms. The third kappa shape index (κ3) is 3.65. The zero-order valence-electron chi connectivity index (χ0n) is 10.9. The lowest BCUT2D eigenvalue weighted by Gasteiger charge is -2.31. The Morgan fingerprint density at radius 1 is 1.47 bits per heavy atom. The van der Waals surface area contributed by atoms with Gasteiger partial charge in [-0.25, -0.2) is 0 Å². The van der Waals surface area contributed by atoms with Crippen molar-refractivity contribution in [3.05, 3.63) is 29.6 Å². The van der Waals surface area contributed by atoms with Crippen molar-refractivity contribution in [1.82, 2.24) is 9.88 Å². The standard InChI is InChI=1S/C13H20N4O2/c14-13(16-19)12-7-11(1-4-15-12)8-17-5-2-10(9-18)3-6-17/h1,4,7,10,18-19H,2-3,5-6,8-9H2,(H2,14,16). The van der Waals surface area contributed by atoms with Crippen LogP contribution < -0.4 is 5.73 Å². The van der Waals surface area contributed by atoms with Crippen LogP contribution in [0.3, 0.4) is 0 Å². The molecule has 19 heavy (non-hydrogen) atoms. The van der Waals surface area contributed by atoms with Crippen molar-refractivity contribution in [2.45, 2.75) is 19.4 Å². The molecule has 104 valence electrons. The van der Waals surface area contributed by atoms with Gasteiger partial charge in [-0.3, -0.25) is 9.88 Å². The molecule has 0 radical (unpaired) electrons. The van der Waals surface area contributed by atoms with Gasteiger partial charge in [-0.15, -0.1) is 0 Å². The van der Waals surface area contributed by atoms with Crippen molar-refractivity contribution >= 4 is 5.84 Å². The van der Waals surface area contributed by atoms with E-state index in [1.54, 1.807) is 6.20 Å². The van der Waals surface area contributed by atoms with Gasteiger partial charge < -0.3 is 16.0 Å². The lowest BCUT2D eigenvalue weighted by atomic mass is 9.97. The van der Waals surface area contributed by atoms with Gasteiger partial charge in [-0.05, 0) is 49.5 Å². The van der Waals surface area contributed by atoms with Gasteiger partial charge in [0.2, 0.25) is 0 Å². The second kappa shape index (κ2) is 6.49. The molecule has 0 spiro atoms. The number of pyridine rings is 1. The van der Waals surface area contributed by atoms with E-state index in [9.17, 15) is 0 Å². The maximum Gasteiger partial charge on any atom is 0.188 e. The minimum Gasteiger partial charge on any atom is -0.409 e. The Morgan fingerprint density at radius 2 is 2.21 bits per heavy atom. The second-order valence-corrected chi connectivity index (χ2v) is 4.94. The third-order valence-electron chi connectivity index (χ3n) is 3.57. The summed E-state index contributed by atoms with van der Waals surface area (Å²) in [4.78, 5) is 6.41. The average Bonchev–Trinajstić information content (AvgIpc) is 2.47. The molecule has 1 aliphatic rings. The van der Waals surface area contributed by atoms with Crippen LogP contribution in [-0.2, 0) is 6.54 Å². The van der Waals surface area contributed by atoms with E-state index >= 15 is 0 Å². The number of rotatable bonds is 4. The number of aliphatic hydroxyl groups is 1. The molecule has 1 aliphatic heterocycles. The highest BCUT2D eigenvalue weighted by Gasteiger charge is 2.18. The number of likely N-dealkylation sites (tertiary alicyclic amines) is 1. The number of amidine groups is 1. The van der Waals surface area contributed by atoms with Crippen LogP contribution in [0, 0.1) is 5.92 Å². The number of aliphatic hydroxyl groups excluding tert-OH is 1. The molecule has 6 heteroatoms. The Labute approximate surface area is 112 Å². The van der Waals surface area contributed by atoms with E-state index in [0.29, 0.717) is 11.6 Å². The number of nitrogens with zero attached hydrogens (tertiary/aromatic N) is 3. The topological polar surface area (TPSA) is 95.0 Å². The van der Waals surface area contributed by atoms with Crippen molar-refractivity contribution in [2.75, 3.05) is 19.7 Å². The Kier molecular flexibility index (Phi) is 4.70. The minimum absolute atomic E-state index is 0.0286. The molecular weight excluding hydrogens is 244 g/mol. The average molecular weight is 264 g/mol. The summed E-state index contributed by atoms with van der Waals surface area (Å²) in [7, 11) is 0. The molecule has 0 aliphatic carbocycles. The summed E-state index contributed by atoms with van der Waals surface area (Å²) < 4.78 is 0. The zero-order valence-corrected chi connectivity index (χ0v) is 10.9. The number of piperidine rings is 1. The van der Waals surface area contributed by atoms with Crippen molar-refractivity contribution in [3.8, 4) is 0 Å². The largest absolute Gasteiger partial charge is 0.409 e. The summed E-state index contributed by atoms with van der Waals surface area (Å²) in [6.45, 7) is 3.10. The normalized spacial score (nSPS) is 18.7. The van der Waals surface area contributed by atoms with Gasteiger partial charge in [0.1, 0.15) is 5.69 Å². The van der Waals surface area contributed by atoms with Gasteiger partial charge in [-0.2, -0.15) is 0 Å². The molecule has 2 heterocycles.